The fourth-order valence-electron chi connectivity index (χ4n) is 1.74. The average Bonchev–Trinajstić information content (AvgIpc) is 2.39. The van der Waals surface area contributed by atoms with E-state index < -0.39 is 21.0 Å². The van der Waals surface area contributed by atoms with Crippen molar-refractivity contribution >= 4 is 21.4 Å². The van der Waals surface area contributed by atoms with Gasteiger partial charge in [0.15, 0.2) is 9.84 Å². The van der Waals surface area contributed by atoms with Crippen LogP contribution in [0.3, 0.4) is 0 Å². The van der Waals surface area contributed by atoms with Crippen molar-refractivity contribution in [2.75, 3.05) is 24.2 Å². The fraction of sp³-hybridized carbons (Fsp3) is 0.500. The molecule has 112 valence electrons. The van der Waals surface area contributed by atoms with E-state index in [1.165, 1.54) is 11.8 Å². The number of carbonyl (C=O) groups is 1. The van der Waals surface area contributed by atoms with Gasteiger partial charge in [0.05, 0.1) is 0 Å². The lowest BCUT2D eigenvalue weighted by Gasteiger charge is -2.25. The van der Waals surface area contributed by atoms with Crippen molar-refractivity contribution in [1.29, 1.82) is 0 Å². The van der Waals surface area contributed by atoms with Crippen molar-refractivity contribution in [3.05, 3.63) is 29.8 Å². The number of sulfone groups is 1. The van der Waals surface area contributed by atoms with Gasteiger partial charge in [-0.2, -0.15) is 0 Å². The molecule has 1 aromatic rings. The largest absolute Gasteiger partial charge is 0.330 e. The van der Waals surface area contributed by atoms with Crippen molar-refractivity contribution in [2.24, 2.45) is 5.73 Å². The molecule has 1 amide bonds. The standard InChI is InChI=1S/C14H22N2O3S/c1-11-5-7-13(8-6-11)16(10-4-9-15)14(17)12(2)20(3,18)19/h5-8,12H,4,9-10,15H2,1-3H3. The Balaban J connectivity index is 3.06. The lowest BCUT2D eigenvalue weighted by Crippen LogP contribution is -2.42. The summed E-state index contributed by atoms with van der Waals surface area (Å²) in [5.74, 6) is -0.412. The number of nitrogens with zero attached hydrogens (tertiary/aromatic N) is 1. The SMILES string of the molecule is Cc1ccc(N(CCCN)C(=O)C(C)S(C)(=O)=O)cc1. The van der Waals surface area contributed by atoms with Gasteiger partial charge < -0.3 is 10.6 Å². The third-order valence-electron chi connectivity index (χ3n) is 3.19. The Morgan fingerprint density at radius 1 is 1.30 bits per heavy atom. The molecule has 0 aliphatic carbocycles. The molecular weight excluding hydrogens is 276 g/mol. The van der Waals surface area contributed by atoms with Crippen molar-refractivity contribution in [1.82, 2.24) is 0 Å². The zero-order chi connectivity index (χ0) is 15.3. The molecule has 20 heavy (non-hydrogen) atoms. The van der Waals surface area contributed by atoms with Gasteiger partial charge in [0.25, 0.3) is 0 Å². The highest BCUT2D eigenvalue weighted by Crippen LogP contribution is 2.18. The minimum atomic E-state index is -3.41. The Kier molecular flexibility index (Phi) is 5.71. The Morgan fingerprint density at radius 3 is 2.30 bits per heavy atom. The molecule has 1 rings (SSSR count). The van der Waals surface area contributed by atoms with Crippen LogP contribution >= 0.6 is 0 Å². The summed E-state index contributed by atoms with van der Waals surface area (Å²) < 4.78 is 23.1. The number of benzene rings is 1. The van der Waals surface area contributed by atoms with Crippen LogP contribution in [0.1, 0.15) is 18.9 Å². The second-order valence-electron chi connectivity index (χ2n) is 4.94. The summed E-state index contributed by atoms with van der Waals surface area (Å²) in [6.45, 7) is 4.23. The molecule has 1 unspecified atom stereocenters. The highest BCUT2D eigenvalue weighted by Gasteiger charge is 2.28. The summed E-state index contributed by atoms with van der Waals surface area (Å²) >= 11 is 0. The summed E-state index contributed by atoms with van der Waals surface area (Å²) in [6, 6.07) is 7.42. The molecule has 0 bridgehead atoms. The Bertz CT molecular complexity index is 552. The molecule has 0 spiro atoms. The molecule has 1 aromatic carbocycles. The number of hydrogen-bond donors (Lipinski definition) is 1. The molecule has 0 saturated heterocycles. The molecule has 6 heteroatoms. The minimum Gasteiger partial charge on any atom is -0.330 e. The molecule has 0 radical (unpaired) electrons. The van der Waals surface area contributed by atoms with Crippen LogP contribution in [-0.2, 0) is 14.6 Å². The minimum absolute atomic E-state index is 0.412. The molecule has 2 N–H and O–H groups in total. The van der Waals surface area contributed by atoms with E-state index in [0.717, 1.165) is 11.8 Å². The van der Waals surface area contributed by atoms with E-state index >= 15 is 0 Å². The van der Waals surface area contributed by atoms with Gasteiger partial charge in [-0.05, 0) is 38.9 Å². The Hall–Kier alpha value is -1.40. The quantitative estimate of drug-likeness (QED) is 0.853. The lowest BCUT2D eigenvalue weighted by molar-refractivity contribution is -0.118. The summed E-state index contributed by atoms with van der Waals surface area (Å²) in [7, 11) is -3.41. The van der Waals surface area contributed by atoms with Gasteiger partial charge in [-0.3, -0.25) is 4.79 Å². The van der Waals surface area contributed by atoms with Crippen molar-refractivity contribution in [2.45, 2.75) is 25.5 Å². The first-order valence-electron chi connectivity index (χ1n) is 6.54. The number of aryl methyl sites for hydroxylation is 1. The molecule has 0 saturated carbocycles. The summed E-state index contributed by atoms with van der Waals surface area (Å²) in [5, 5.41) is -1.05. The highest BCUT2D eigenvalue weighted by atomic mass is 32.2. The van der Waals surface area contributed by atoms with Gasteiger partial charge in [-0.1, -0.05) is 17.7 Å². The zero-order valence-electron chi connectivity index (χ0n) is 12.2. The van der Waals surface area contributed by atoms with Gasteiger partial charge in [0, 0.05) is 18.5 Å². The van der Waals surface area contributed by atoms with E-state index in [9.17, 15) is 13.2 Å². The average molecular weight is 298 g/mol. The van der Waals surface area contributed by atoms with E-state index in [0.29, 0.717) is 25.2 Å². The summed E-state index contributed by atoms with van der Waals surface area (Å²) in [4.78, 5) is 13.9. The van der Waals surface area contributed by atoms with Crippen LogP contribution in [0.15, 0.2) is 24.3 Å². The van der Waals surface area contributed by atoms with Crippen LogP contribution in [0.4, 0.5) is 5.69 Å². The van der Waals surface area contributed by atoms with Crippen LogP contribution in [0, 0.1) is 6.92 Å². The van der Waals surface area contributed by atoms with Gasteiger partial charge in [-0.15, -0.1) is 0 Å². The predicted molar refractivity (Wildman–Crippen MR) is 81.5 cm³/mol. The maximum atomic E-state index is 12.4. The third kappa shape index (κ3) is 4.31. The second kappa shape index (κ2) is 6.85. The number of amides is 1. The maximum Gasteiger partial charge on any atom is 0.245 e. The van der Waals surface area contributed by atoms with Crippen LogP contribution in [0.25, 0.3) is 0 Å². The maximum absolute atomic E-state index is 12.4. The lowest BCUT2D eigenvalue weighted by atomic mass is 10.2. The second-order valence-corrected chi connectivity index (χ2v) is 7.31. The first-order chi connectivity index (χ1) is 9.27. The molecular formula is C14H22N2O3S. The van der Waals surface area contributed by atoms with Crippen LogP contribution in [0.5, 0.6) is 0 Å². The number of hydrogen-bond acceptors (Lipinski definition) is 4. The molecule has 0 aromatic heterocycles. The molecule has 0 aliphatic rings. The predicted octanol–water partition coefficient (Wildman–Crippen LogP) is 1.11. The van der Waals surface area contributed by atoms with Crippen LogP contribution in [-0.4, -0.2) is 38.9 Å². The zero-order valence-corrected chi connectivity index (χ0v) is 13.0. The normalized spacial score (nSPS) is 13.0. The van der Waals surface area contributed by atoms with Crippen LogP contribution in [0.2, 0.25) is 0 Å². The first kappa shape index (κ1) is 16.7. The summed E-state index contributed by atoms with van der Waals surface area (Å²) in [5.41, 5.74) is 7.26. The number of carbonyl (C=O) groups excluding carboxylic acids is 1. The molecule has 1 atom stereocenters. The van der Waals surface area contributed by atoms with Crippen molar-refractivity contribution in [3.8, 4) is 0 Å². The number of anilines is 1. The molecule has 5 nitrogen and oxygen atoms in total. The van der Waals surface area contributed by atoms with Crippen molar-refractivity contribution < 1.29 is 13.2 Å². The molecule has 0 fully saturated rings. The van der Waals surface area contributed by atoms with Crippen molar-refractivity contribution in [3.63, 3.8) is 0 Å². The van der Waals surface area contributed by atoms with E-state index in [1.807, 2.05) is 31.2 Å². The number of nitrogens with two attached hydrogens (primary N) is 1. The molecule has 0 aliphatic heterocycles. The Morgan fingerprint density at radius 2 is 1.85 bits per heavy atom. The fourth-order valence-corrected chi connectivity index (χ4v) is 2.24. The Labute approximate surface area is 120 Å². The van der Waals surface area contributed by atoms with Gasteiger partial charge in [-0.25, -0.2) is 8.42 Å². The smallest absolute Gasteiger partial charge is 0.245 e. The first-order valence-corrected chi connectivity index (χ1v) is 8.50. The van der Waals surface area contributed by atoms with Crippen LogP contribution < -0.4 is 10.6 Å². The number of rotatable bonds is 6. The van der Waals surface area contributed by atoms with Gasteiger partial charge >= 0.3 is 0 Å². The molecule has 0 heterocycles. The van der Waals surface area contributed by atoms with Gasteiger partial charge in [0.1, 0.15) is 5.25 Å². The monoisotopic (exact) mass is 298 g/mol. The summed E-state index contributed by atoms with van der Waals surface area (Å²) in [6.07, 6.45) is 1.70. The third-order valence-corrected chi connectivity index (χ3v) is 4.67. The topological polar surface area (TPSA) is 80.5 Å². The van der Waals surface area contributed by atoms with E-state index in [4.69, 9.17) is 5.73 Å². The van der Waals surface area contributed by atoms with Gasteiger partial charge in [0.2, 0.25) is 5.91 Å². The van der Waals surface area contributed by atoms with E-state index in [-0.39, 0.29) is 0 Å². The highest BCUT2D eigenvalue weighted by molar-refractivity contribution is 7.92. The van der Waals surface area contributed by atoms with E-state index in [1.54, 1.807) is 0 Å². The van der Waals surface area contributed by atoms with E-state index in [2.05, 4.69) is 0 Å².